The fourth-order valence-corrected chi connectivity index (χ4v) is 4.44. The third-order valence-corrected chi connectivity index (χ3v) is 6.29. The number of piperazine rings is 1. The van der Waals surface area contributed by atoms with E-state index in [2.05, 4.69) is 10.4 Å². The highest BCUT2D eigenvalue weighted by atomic mass is 16.2. The van der Waals surface area contributed by atoms with Crippen LogP contribution in [0.4, 0.5) is 0 Å². The summed E-state index contributed by atoms with van der Waals surface area (Å²) in [4.78, 5) is 30.1. The molecule has 0 atom stereocenters. The molecule has 2 aromatic rings. The quantitative estimate of drug-likeness (QED) is 0.844. The van der Waals surface area contributed by atoms with Gasteiger partial charge in [-0.05, 0) is 50.0 Å². The fraction of sp³-hybridized carbons (Fsp3) is 0.500. The largest absolute Gasteiger partial charge is 0.339 e. The molecule has 2 amide bonds. The Morgan fingerprint density at radius 2 is 1.72 bits per heavy atom. The van der Waals surface area contributed by atoms with E-state index in [-0.39, 0.29) is 11.8 Å². The first-order valence-corrected chi connectivity index (χ1v) is 10.4. The lowest BCUT2D eigenvalue weighted by atomic mass is 9.86. The van der Waals surface area contributed by atoms with Crippen molar-refractivity contribution in [2.24, 2.45) is 0 Å². The highest BCUT2D eigenvalue weighted by molar-refractivity contribution is 5.85. The molecule has 0 radical (unpaired) electrons. The molecule has 2 saturated heterocycles. The van der Waals surface area contributed by atoms with Crippen molar-refractivity contribution in [2.45, 2.75) is 31.7 Å². The van der Waals surface area contributed by atoms with Crippen molar-refractivity contribution in [1.82, 2.24) is 24.9 Å². The lowest BCUT2D eigenvalue weighted by molar-refractivity contribution is -0.147. The zero-order valence-electron chi connectivity index (χ0n) is 17.0. The number of hydrogen-bond donors (Lipinski definition) is 1. The number of nitrogens with zero attached hydrogens (tertiary/aromatic N) is 4. The molecule has 2 aliphatic heterocycles. The van der Waals surface area contributed by atoms with Gasteiger partial charge in [0.25, 0.3) is 5.91 Å². The average molecular weight is 396 g/mol. The molecule has 2 fully saturated rings. The lowest BCUT2D eigenvalue weighted by Crippen LogP contribution is -2.60. The van der Waals surface area contributed by atoms with Crippen LogP contribution in [0.5, 0.6) is 0 Å². The molecule has 0 unspecified atom stereocenters. The Labute approximate surface area is 171 Å². The van der Waals surface area contributed by atoms with Crippen molar-refractivity contribution in [3.05, 3.63) is 53.9 Å². The van der Waals surface area contributed by atoms with Crippen molar-refractivity contribution in [3.8, 4) is 0 Å². The maximum atomic E-state index is 13.5. The van der Waals surface area contributed by atoms with Crippen LogP contribution >= 0.6 is 0 Å². The molecule has 7 heteroatoms. The summed E-state index contributed by atoms with van der Waals surface area (Å²) in [6.45, 7) is 5.98. The first-order chi connectivity index (χ1) is 14.1. The van der Waals surface area contributed by atoms with E-state index in [1.165, 1.54) is 0 Å². The van der Waals surface area contributed by atoms with Gasteiger partial charge in [-0.15, -0.1) is 0 Å². The Bertz CT molecular complexity index is 850. The second-order valence-electron chi connectivity index (χ2n) is 8.01. The van der Waals surface area contributed by atoms with Gasteiger partial charge in [0.1, 0.15) is 5.54 Å². The minimum atomic E-state index is -0.609. The Balaban J connectivity index is 1.40. The van der Waals surface area contributed by atoms with Gasteiger partial charge < -0.3 is 15.1 Å². The first kappa shape index (κ1) is 19.6. The molecule has 0 spiro atoms. The number of hydrogen-bond acceptors (Lipinski definition) is 4. The normalized spacial score (nSPS) is 19.2. The summed E-state index contributed by atoms with van der Waals surface area (Å²) in [5.74, 6) is 0.267. The predicted octanol–water partition coefficient (Wildman–Crippen LogP) is 1.18. The Kier molecular flexibility index (Phi) is 5.67. The van der Waals surface area contributed by atoms with Crippen LogP contribution in [0.1, 0.15) is 24.0 Å². The number of carbonyl (C=O) groups is 2. The SMILES string of the molecule is Cc1ccccc1CC(=O)N1CCN(C(=O)C2(n3cccn3)CCNCC2)CC1. The van der Waals surface area contributed by atoms with E-state index >= 15 is 0 Å². The summed E-state index contributed by atoms with van der Waals surface area (Å²) in [6.07, 6.45) is 5.52. The first-order valence-electron chi connectivity index (χ1n) is 10.4. The second-order valence-corrected chi connectivity index (χ2v) is 8.01. The number of rotatable bonds is 4. The van der Waals surface area contributed by atoms with Crippen molar-refractivity contribution >= 4 is 11.8 Å². The highest BCUT2D eigenvalue weighted by Crippen LogP contribution is 2.30. The van der Waals surface area contributed by atoms with Crippen molar-refractivity contribution < 1.29 is 9.59 Å². The van der Waals surface area contributed by atoms with Crippen LogP contribution in [-0.4, -0.2) is 70.7 Å². The molecule has 3 heterocycles. The summed E-state index contributed by atoms with van der Waals surface area (Å²) in [6, 6.07) is 9.88. The summed E-state index contributed by atoms with van der Waals surface area (Å²) in [5.41, 5.74) is 1.60. The van der Waals surface area contributed by atoms with Crippen LogP contribution in [0.3, 0.4) is 0 Å². The van der Waals surface area contributed by atoms with Crippen molar-refractivity contribution in [2.75, 3.05) is 39.3 Å². The van der Waals surface area contributed by atoms with Crippen molar-refractivity contribution in [1.29, 1.82) is 0 Å². The Morgan fingerprint density at radius 3 is 2.38 bits per heavy atom. The molecule has 4 rings (SSSR count). The third kappa shape index (κ3) is 3.92. The number of carbonyl (C=O) groups excluding carboxylic acids is 2. The summed E-state index contributed by atoms with van der Waals surface area (Å²) in [5, 5.41) is 7.75. The van der Waals surface area contributed by atoms with Gasteiger partial charge in [0.15, 0.2) is 0 Å². The van der Waals surface area contributed by atoms with Crippen LogP contribution < -0.4 is 5.32 Å². The molecule has 1 aromatic heterocycles. The van der Waals surface area contributed by atoms with Gasteiger partial charge in [0.05, 0.1) is 6.42 Å². The molecule has 154 valence electrons. The van der Waals surface area contributed by atoms with Crippen molar-refractivity contribution in [3.63, 3.8) is 0 Å². The molecule has 29 heavy (non-hydrogen) atoms. The van der Waals surface area contributed by atoms with E-state index < -0.39 is 5.54 Å². The van der Waals surface area contributed by atoms with Crippen LogP contribution in [0.15, 0.2) is 42.7 Å². The van der Waals surface area contributed by atoms with Gasteiger partial charge in [-0.25, -0.2) is 0 Å². The van der Waals surface area contributed by atoms with Gasteiger partial charge in [-0.1, -0.05) is 24.3 Å². The molecule has 1 N–H and O–H groups in total. The van der Waals surface area contributed by atoms with Gasteiger partial charge in [-0.3, -0.25) is 14.3 Å². The zero-order chi connectivity index (χ0) is 20.3. The predicted molar refractivity (Wildman–Crippen MR) is 110 cm³/mol. The van der Waals surface area contributed by atoms with Gasteiger partial charge >= 0.3 is 0 Å². The Hall–Kier alpha value is -2.67. The van der Waals surface area contributed by atoms with Gasteiger partial charge in [-0.2, -0.15) is 5.10 Å². The number of nitrogens with one attached hydrogen (secondary N) is 1. The zero-order valence-corrected chi connectivity index (χ0v) is 17.0. The monoisotopic (exact) mass is 395 g/mol. The molecular weight excluding hydrogens is 366 g/mol. The van der Waals surface area contributed by atoms with E-state index in [9.17, 15) is 9.59 Å². The summed E-state index contributed by atoms with van der Waals surface area (Å²) < 4.78 is 1.84. The fourth-order valence-electron chi connectivity index (χ4n) is 4.44. The molecule has 0 bridgehead atoms. The number of amides is 2. The van der Waals surface area contributed by atoms with E-state index in [1.807, 2.05) is 57.9 Å². The minimum Gasteiger partial charge on any atom is -0.339 e. The minimum absolute atomic E-state index is 0.133. The molecule has 1 aromatic carbocycles. The van der Waals surface area contributed by atoms with Crippen LogP contribution in [0, 0.1) is 6.92 Å². The number of aromatic nitrogens is 2. The van der Waals surface area contributed by atoms with E-state index in [1.54, 1.807) is 6.20 Å². The van der Waals surface area contributed by atoms with Crippen LogP contribution in [0.2, 0.25) is 0 Å². The molecule has 2 aliphatic rings. The number of piperidine rings is 1. The standard InChI is InChI=1S/C22H29N5O2/c1-18-5-2-3-6-19(18)17-20(28)25-13-15-26(16-14-25)21(29)22(7-10-23-11-8-22)27-12-4-9-24-27/h2-6,9,12,23H,7-8,10-11,13-17H2,1H3. The topological polar surface area (TPSA) is 70.5 Å². The maximum absolute atomic E-state index is 13.5. The van der Waals surface area contributed by atoms with Crippen LogP contribution in [-0.2, 0) is 21.5 Å². The van der Waals surface area contributed by atoms with E-state index in [0.29, 0.717) is 32.6 Å². The van der Waals surface area contributed by atoms with E-state index in [0.717, 1.165) is 37.1 Å². The molecular formula is C22H29N5O2. The molecule has 0 aliphatic carbocycles. The van der Waals surface area contributed by atoms with Gasteiger partial charge in [0, 0.05) is 38.6 Å². The average Bonchev–Trinajstić information content (AvgIpc) is 3.31. The third-order valence-electron chi connectivity index (χ3n) is 6.29. The molecule has 0 saturated carbocycles. The number of aryl methyl sites for hydroxylation is 1. The lowest BCUT2D eigenvalue weighted by Gasteiger charge is -2.43. The molecule has 7 nitrogen and oxygen atoms in total. The Morgan fingerprint density at radius 1 is 1.03 bits per heavy atom. The number of benzene rings is 1. The smallest absolute Gasteiger partial charge is 0.250 e. The highest BCUT2D eigenvalue weighted by Gasteiger charge is 2.45. The van der Waals surface area contributed by atoms with E-state index in [4.69, 9.17) is 0 Å². The van der Waals surface area contributed by atoms with Crippen LogP contribution in [0.25, 0.3) is 0 Å². The van der Waals surface area contributed by atoms with Gasteiger partial charge in [0.2, 0.25) is 5.91 Å². The maximum Gasteiger partial charge on any atom is 0.250 e. The second kappa shape index (κ2) is 8.37. The summed E-state index contributed by atoms with van der Waals surface area (Å²) in [7, 11) is 0. The summed E-state index contributed by atoms with van der Waals surface area (Å²) >= 11 is 0.